The number of hydrogen-bond acceptors (Lipinski definition) is 7. The summed E-state index contributed by atoms with van der Waals surface area (Å²) in [6.45, 7) is 3.29. The molecule has 0 aliphatic heterocycles. The van der Waals surface area contributed by atoms with Gasteiger partial charge in [0.25, 0.3) is 0 Å². The zero-order valence-corrected chi connectivity index (χ0v) is 13.6. The van der Waals surface area contributed by atoms with Gasteiger partial charge in [0.1, 0.15) is 12.7 Å². The van der Waals surface area contributed by atoms with Crippen LogP contribution in [0.5, 0.6) is 11.5 Å². The monoisotopic (exact) mass is 327 g/mol. The van der Waals surface area contributed by atoms with Gasteiger partial charge in [0.15, 0.2) is 17.3 Å². The molecule has 1 atom stereocenters. The van der Waals surface area contributed by atoms with Gasteiger partial charge in [0, 0.05) is 18.7 Å². The highest BCUT2D eigenvalue weighted by atomic mass is 16.5. The van der Waals surface area contributed by atoms with Crippen LogP contribution in [0.2, 0.25) is 0 Å². The summed E-state index contributed by atoms with van der Waals surface area (Å²) in [7, 11) is 1.50. The Hall–Kier alpha value is -1.67. The van der Waals surface area contributed by atoms with E-state index in [4.69, 9.17) is 19.3 Å². The fourth-order valence-corrected chi connectivity index (χ4v) is 1.83. The molecule has 0 aliphatic rings. The van der Waals surface area contributed by atoms with E-state index in [1.165, 1.54) is 14.0 Å². The van der Waals surface area contributed by atoms with Crippen molar-refractivity contribution in [3.63, 3.8) is 0 Å². The molecule has 0 fully saturated rings. The molecule has 1 aromatic rings. The van der Waals surface area contributed by atoms with E-state index >= 15 is 0 Å². The lowest BCUT2D eigenvalue weighted by Crippen LogP contribution is -2.33. The van der Waals surface area contributed by atoms with Crippen molar-refractivity contribution in [1.29, 1.82) is 0 Å². The van der Waals surface area contributed by atoms with Crippen LogP contribution in [0.1, 0.15) is 17.3 Å². The first-order valence-corrected chi connectivity index (χ1v) is 7.47. The molecular weight excluding hydrogens is 302 g/mol. The van der Waals surface area contributed by atoms with E-state index in [1.807, 2.05) is 0 Å². The number of carbonyl (C=O) groups excluding carboxylic acids is 1. The topological polar surface area (TPSA) is 97.3 Å². The molecule has 0 amide bonds. The first-order valence-electron chi connectivity index (χ1n) is 7.47. The third kappa shape index (κ3) is 7.43. The van der Waals surface area contributed by atoms with Gasteiger partial charge in [-0.05, 0) is 25.1 Å². The predicted molar refractivity (Wildman–Crippen MR) is 85.3 cm³/mol. The SMILES string of the molecule is COc1cc(C(C)=O)ccc1OC[C@H](O)CNCCOCCO. The molecule has 130 valence electrons. The van der Waals surface area contributed by atoms with E-state index < -0.39 is 6.10 Å². The molecule has 0 heterocycles. The summed E-state index contributed by atoms with van der Waals surface area (Å²) in [6.07, 6.45) is -0.690. The summed E-state index contributed by atoms with van der Waals surface area (Å²) in [5.74, 6) is 0.876. The maximum absolute atomic E-state index is 11.3. The Kier molecular flexibility index (Phi) is 9.23. The third-order valence-electron chi connectivity index (χ3n) is 3.04. The summed E-state index contributed by atoms with van der Waals surface area (Å²) in [5.41, 5.74) is 0.541. The van der Waals surface area contributed by atoms with Crippen LogP contribution >= 0.6 is 0 Å². The number of aliphatic hydroxyl groups excluding tert-OH is 2. The van der Waals surface area contributed by atoms with Crippen molar-refractivity contribution in [2.24, 2.45) is 0 Å². The first-order chi connectivity index (χ1) is 11.1. The molecule has 0 radical (unpaired) electrons. The van der Waals surface area contributed by atoms with Crippen molar-refractivity contribution in [3.8, 4) is 11.5 Å². The van der Waals surface area contributed by atoms with Gasteiger partial charge in [-0.1, -0.05) is 0 Å². The number of methoxy groups -OCH3 is 1. The van der Waals surface area contributed by atoms with Crippen molar-refractivity contribution >= 4 is 5.78 Å². The first kappa shape index (κ1) is 19.4. The zero-order chi connectivity index (χ0) is 17.1. The molecule has 7 heteroatoms. The molecule has 1 aromatic carbocycles. The Morgan fingerprint density at radius 3 is 2.74 bits per heavy atom. The van der Waals surface area contributed by atoms with Crippen molar-refractivity contribution in [1.82, 2.24) is 5.32 Å². The molecular formula is C16H25NO6. The average molecular weight is 327 g/mol. The summed E-state index contributed by atoms with van der Waals surface area (Å²) < 4.78 is 15.8. The smallest absolute Gasteiger partial charge is 0.161 e. The molecule has 7 nitrogen and oxygen atoms in total. The van der Waals surface area contributed by atoms with Gasteiger partial charge >= 0.3 is 0 Å². The van der Waals surface area contributed by atoms with Crippen LogP contribution in [0.4, 0.5) is 0 Å². The lowest BCUT2D eigenvalue weighted by molar-refractivity contribution is 0.0837. The minimum atomic E-state index is -0.690. The van der Waals surface area contributed by atoms with Crippen LogP contribution in [-0.2, 0) is 4.74 Å². The van der Waals surface area contributed by atoms with Gasteiger partial charge in [-0.15, -0.1) is 0 Å². The Bertz CT molecular complexity index is 480. The van der Waals surface area contributed by atoms with Crippen LogP contribution in [0.15, 0.2) is 18.2 Å². The van der Waals surface area contributed by atoms with Crippen molar-refractivity contribution in [3.05, 3.63) is 23.8 Å². The Morgan fingerprint density at radius 1 is 1.30 bits per heavy atom. The number of benzene rings is 1. The third-order valence-corrected chi connectivity index (χ3v) is 3.04. The van der Waals surface area contributed by atoms with Gasteiger partial charge in [-0.2, -0.15) is 0 Å². The molecule has 0 bridgehead atoms. The summed E-state index contributed by atoms with van der Waals surface area (Å²) >= 11 is 0. The predicted octanol–water partition coefficient (Wildman–Crippen LogP) is 0.236. The molecule has 0 unspecified atom stereocenters. The van der Waals surface area contributed by atoms with E-state index in [9.17, 15) is 9.90 Å². The second-order valence-electron chi connectivity index (χ2n) is 4.93. The zero-order valence-electron chi connectivity index (χ0n) is 13.6. The number of hydrogen-bond donors (Lipinski definition) is 3. The highest BCUT2D eigenvalue weighted by Gasteiger charge is 2.11. The Morgan fingerprint density at radius 2 is 2.09 bits per heavy atom. The van der Waals surface area contributed by atoms with Crippen molar-refractivity contribution < 1.29 is 29.2 Å². The fourth-order valence-electron chi connectivity index (χ4n) is 1.83. The molecule has 0 aliphatic carbocycles. The van der Waals surface area contributed by atoms with Crippen molar-refractivity contribution in [2.75, 3.05) is 46.6 Å². The highest BCUT2D eigenvalue weighted by molar-refractivity contribution is 5.94. The van der Waals surface area contributed by atoms with E-state index in [0.717, 1.165) is 0 Å². The number of nitrogens with one attached hydrogen (secondary N) is 1. The molecule has 0 saturated heterocycles. The number of aliphatic hydroxyl groups is 2. The Labute approximate surface area is 136 Å². The molecule has 1 rings (SSSR count). The number of ether oxygens (including phenoxy) is 3. The largest absolute Gasteiger partial charge is 0.493 e. The average Bonchev–Trinajstić information content (AvgIpc) is 2.55. The van der Waals surface area contributed by atoms with Crippen LogP contribution < -0.4 is 14.8 Å². The van der Waals surface area contributed by atoms with Gasteiger partial charge in [0.05, 0.1) is 26.9 Å². The van der Waals surface area contributed by atoms with Crippen LogP contribution in [0.3, 0.4) is 0 Å². The van der Waals surface area contributed by atoms with Crippen LogP contribution in [0.25, 0.3) is 0 Å². The van der Waals surface area contributed by atoms with Crippen molar-refractivity contribution in [2.45, 2.75) is 13.0 Å². The number of rotatable bonds is 12. The maximum Gasteiger partial charge on any atom is 0.161 e. The number of ketones is 1. The molecule has 23 heavy (non-hydrogen) atoms. The van der Waals surface area contributed by atoms with E-state index in [-0.39, 0.29) is 19.0 Å². The van der Waals surface area contributed by atoms with E-state index in [2.05, 4.69) is 5.32 Å². The maximum atomic E-state index is 11.3. The molecule has 0 aromatic heterocycles. The Balaban J connectivity index is 2.35. The van der Waals surface area contributed by atoms with Crippen LogP contribution in [0, 0.1) is 0 Å². The lowest BCUT2D eigenvalue weighted by Gasteiger charge is -2.15. The summed E-state index contributed by atoms with van der Waals surface area (Å²) in [4.78, 5) is 11.3. The standard InChI is InChI=1S/C16H25NO6/c1-12(19)13-3-4-15(16(9-13)21-2)23-11-14(20)10-17-5-7-22-8-6-18/h3-4,9,14,17-18,20H,5-8,10-11H2,1-2H3/t14-/m1/s1. The van der Waals surface area contributed by atoms with Gasteiger partial charge < -0.3 is 29.7 Å². The summed E-state index contributed by atoms with van der Waals surface area (Å²) in [5, 5.41) is 21.4. The quantitative estimate of drug-likeness (QED) is 0.374. The van der Waals surface area contributed by atoms with Crippen LogP contribution in [-0.4, -0.2) is 68.7 Å². The highest BCUT2D eigenvalue weighted by Crippen LogP contribution is 2.28. The molecule has 0 saturated carbocycles. The second kappa shape index (κ2) is 11.0. The number of Topliss-reactive ketones (excluding diaryl/α,β-unsaturated/α-hetero) is 1. The molecule has 0 spiro atoms. The van der Waals surface area contributed by atoms with Gasteiger partial charge in [-0.25, -0.2) is 0 Å². The van der Waals surface area contributed by atoms with E-state index in [1.54, 1.807) is 18.2 Å². The fraction of sp³-hybridized carbons (Fsp3) is 0.562. The minimum absolute atomic E-state index is 0.000710. The van der Waals surface area contributed by atoms with Gasteiger partial charge in [0.2, 0.25) is 0 Å². The number of carbonyl (C=O) groups is 1. The minimum Gasteiger partial charge on any atom is -0.493 e. The van der Waals surface area contributed by atoms with E-state index in [0.29, 0.717) is 43.4 Å². The molecule has 3 N–H and O–H groups in total. The summed E-state index contributed by atoms with van der Waals surface area (Å²) in [6, 6.07) is 4.92. The lowest BCUT2D eigenvalue weighted by atomic mass is 10.1. The second-order valence-corrected chi connectivity index (χ2v) is 4.93. The normalized spacial score (nSPS) is 12.0. The van der Waals surface area contributed by atoms with Gasteiger partial charge in [-0.3, -0.25) is 4.79 Å².